The van der Waals surface area contributed by atoms with Crippen LogP contribution in [0.4, 0.5) is 0 Å². The van der Waals surface area contributed by atoms with Gasteiger partial charge >= 0.3 is 0 Å². The van der Waals surface area contributed by atoms with Crippen LogP contribution in [0, 0.1) is 0 Å². The summed E-state index contributed by atoms with van der Waals surface area (Å²) in [5.41, 5.74) is 8.45. The molecule has 1 atom stereocenters. The largest absolute Gasteiger partial charge is 0.496 e. The first-order valence-corrected chi connectivity index (χ1v) is 8.15. The molecule has 2 N–H and O–H groups in total. The van der Waals surface area contributed by atoms with E-state index in [2.05, 4.69) is 26.0 Å². The summed E-state index contributed by atoms with van der Waals surface area (Å²) in [6.07, 6.45) is 7.85. The van der Waals surface area contributed by atoms with Gasteiger partial charge in [0.25, 0.3) is 0 Å². The molecule has 3 heteroatoms. The Bertz CT molecular complexity index is 418. The predicted molar refractivity (Wildman–Crippen MR) is 89.4 cm³/mol. The Morgan fingerprint density at radius 2 is 1.57 bits per heavy atom. The van der Waals surface area contributed by atoms with E-state index in [0.717, 1.165) is 36.3 Å². The first-order chi connectivity index (χ1) is 10.2. The maximum atomic E-state index is 6.08. The van der Waals surface area contributed by atoms with E-state index in [4.69, 9.17) is 15.2 Å². The van der Waals surface area contributed by atoms with E-state index in [1.807, 2.05) is 0 Å². The van der Waals surface area contributed by atoms with Crippen molar-refractivity contribution in [1.82, 2.24) is 0 Å². The molecule has 1 unspecified atom stereocenters. The van der Waals surface area contributed by atoms with Crippen molar-refractivity contribution in [2.24, 2.45) is 5.73 Å². The van der Waals surface area contributed by atoms with Crippen LogP contribution in [0.2, 0.25) is 0 Å². The van der Waals surface area contributed by atoms with Gasteiger partial charge in [0.15, 0.2) is 0 Å². The molecule has 1 aromatic rings. The Morgan fingerprint density at radius 1 is 0.952 bits per heavy atom. The topological polar surface area (TPSA) is 44.5 Å². The second kappa shape index (κ2) is 9.67. The van der Waals surface area contributed by atoms with Crippen molar-refractivity contribution in [2.45, 2.75) is 64.8 Å². The molecule has 0 bridgehead atoms. The summed E-state index contributed by atoms with van der Waals surface area (Å²) in [4.78, 5) is 0. The van der Waals surface area contributed by atoms with Crippen molar-refractivity contribution in [3.63, 3.8) is 0 Å². The first-order valence-electron chi connectivity index (χ1n) is 8.15. The maximum Gasteiger partial charge on any atom is 0.122 e. The van der Waals surface area contributed by atoms with Crippen LogP contribution in [-0.2, 0) is 12.8 Å². The minimum absolute atomic E-state index is 0.166. The van der Waals surface area contributed by atoms with Gasteiger partial charge in [0, 0.05) is 6.04 Å². The summed E-state index contributed by atoms with van der Waals surface area (Å²) in [6.45, 7) is 4.34. The van der Waals surface area contributed by atoms with Crippen LogP contribution in [0.5, 0.6) is 11.5 Å². The lowest BCUT2D eigenvalue weighted by molar-refractivity contribution is 0.392. The van der Waals surface area contributed by atoms with Crippen molar-refractivity contribution in [2.75, 3.05) is 14.2 Å². The Kier molecular flexibility index (Phi) is 8.21. The molecule has 0 fully saturated rings. The van der Waals surface area contributed by atoms with Crippen molar-refractivity contribution in [3.05, 3.63) is 23.3 Å². The smallest absolute Gasteiger partial charge is 0.122 e. The molecule has 0 aromatic heterocycles. The summed E-state index contributed by atoms with van der Waals surface area (Å²) in [5, 5.41) is 0. The average molecular weight is 293 g/mol. The van der Waals surface area contributed by atoms with Crippen LogP contribution < -0.4 is 15.2 Å². The molecule has 0 aliphatic heterocycles. The van der Waals surface area contributed by atoms with E-state index in [9.17, 15) is 0 Å². The Labute approximate surface area is 129 Å². The van der Waals surface area contributed by atoms with E-state index in [1.54, 1.807) is 14.2 Å². The lowest BCUT2D eigenvalue weighted by Crippen LogP contribution is -2.21. The molecule has 0 saturated heterocycles. The molecule has 21 heavy (non-hydrogen) atoms. The Morgan fingerprint density at radius 3 is 2.14 bits per heavy atom. The van der Waals surface area contributed by atoms with Gasteiger partial charge in [-0.3, -0.25) is 0 Å². The molecule has 0 radical (unpaired) electrons. The number of nitrogens with two attached hydrogens (primary N) is 1. The molecule has 0 aliphatic rings. The number of aryl methyl sites for hydroxylation is 1. The lowest BCUT2D eigenvalue weighted by Gasteiger charge is -2.17. The van der Waals surface area contributed by atoms with Crippen LogP contribution in [-0.4, -0.2) is 20.3 Å². The molecular formula is C18H31NO2. The second-order valence-corrected chi connectivity index (χ2v) is 5.66. The molecule has 0 spiro atoms. The van der Waals surface area contributed by atoms with E-state index < -0.39 is 0 Å². The van der Waals surface area contributed by atoms with Crippen LogP contribution in [0.25, 0.3) is 0 Å². The minimum atomic E-state index is 0.166. The van der Waals surface area contributed by atoms with Crippen molar-refractivity contribution < 1.29 is 9.47 Å². The molecule has 0 amide bonds. The second-order valence-electron chi connectivity index (χ2n) is 5.66. The quantitative estimate of drug-likeness (QED) is 0.660. The molecule has 0 aliphatic carbocycles. The molecule has 1 aromatic carbocycles. The number of rotatable bonds is 10. The fraction of sp³-hybridized carbons (Fsp3) is 0.667. The number of hydrogen-bond acceptors (Lipinski definition) is 3. The molecule has 0 saturated carbocycles. The normalized spacial score (nSPS) is 12.2. The van der Waals surface area contributed by atoms with Gasteiger partial charge in [-0.25, -0.2) is 0 Å². The highest BCUT2D eigenvalue weighted by atomic mass is 16.5. The third kappa shape index (κ3) is 5.58. The molecular weight excluding hydrogens is 262 g/mol. The summed E-state index contributed by atoms with van der Waals surface area (Å²) >= 11 is 0. The highest BCUT2D eigenvalue weighted by Gasteiger charge is 2.13. The van der Waals surface area contributed by atoms with Crippen LogP contribution >= 0.6 is 0 Å². The van der Waals surface area contributed by atoms with E-state index in [1.165, 1.54) is 31.2 Å². The SMILES string of the molecule is CCCCCCc1cc(OC)c(CC(N)CC)cc1OC. The van der Waals surface area contributed by atoms with Crippen molar-refractivity contribution in [1.29, 1.82) is 0 Å². The Hall–Kier alpha value is -1.22. The highest BCUT2D eigenvalue weighted by Crippen LogP contribution is 2.31. The zero-order chi connectivity index (χ0) is 15.7. The van der Waals surface area contributed by atoms with Crippen molar-refractivity contribution >= 4 is 0 Å². The van der Waals surface area contributed by atoms with Crippen LogP contribution in [0.1, 0.15) is 57.1 Å². The maximum absolute atomic E-state index is 6.08. The number of benzene rings is 1. The third-order valence-corrected chi connectivity index (χ3v) is 3.99. The van der Waals surface area contributed by atoms with Crippen molar-refractivity contribution in [3.8, 4) is 11.5 Å². The fourth-order valence-corrected chi connectivity index (χ4v) is 2.55. The fourth-order valence-electron chi connectivity index (χ4n) is 2.55. The summed E-state index contributed by atoms with van der Waals surface area (Å²) in [5.74, 6) is 1.90. The highest BCUT2D eigenvalue weighted by molar-refractivity contribution is 5.47. The minimum Gasteiger partial charge on any atom is -0.496 e. The number of methoxy groups -OCH3 is 2. The van der Waals surface area contributed by atoms with Gasteiger partial charge in [-0.2, -0.15) is 0 Å². The van der Waals surface area contributed by atoms with E-state index >= 15 is 0 Å². The standard InChI is InChI=1S/C18H31NO2/c1-5-7-8-9-10-14-12-18(21-4)15(11-16(19)6-2)13-17(14)20-3/h12-13,16H,5-11,19H2,1-4H3. The summed E-state index contributed by atoms with van der Waals surface area (Å²) < 4.78 is 11.1. The zero-order valence-electron chi connectivity index (χ0n) is 14.1. The number of ether oxygens (including phenoxy) is 2. The average Bonchev–Trinajstić information content (AvgIpc) is 2.51. The monoisotopic (exact) mass is 293 g/mol. The first kappa shape index (κ1) is 17.8. The molecule has 1 rings (SSSR count). The summed E-state index contributed by atoms with van der Waals surface area (Å²) in [7, 11) is 3.46. The van der Waals surface area contributed by atoms with Gasteiger partial charge in [-0.1, -0.05) is 33.1 Å². The number of hydrogen-bond donors (Lipinski definition) is 1. The van der Waals surface area contributed by atoms with Crippen LogP contribution in [0.15, 0.2) is 12.1 Å². The van der Waals surface area contributed by atoms with Crippen LogP contribution in [0.3, 0.4) is 0 Å². The summed E-state index contributed by atoms with van der Waals surface area (Å²) in [6, 6.07) is 4.39. The number of unbranched alkanes of at least 4 members (excludes halogenated alkanes) is 3. The van der Waals surface area contributed by atoms with Gasteiger partial charge in [0.05, 0.1) is 14.2 Å². The van der Waals surface area contributed by atoms with Gasteiger partial charge in [0.2, 0.25) is 0 Å². The van der Waals surface area contributed by atoms with E-state index in [0.29, 0.717) is 0 Å². The molecule has 120 valence electrons. The predicted octanol–water partition coefficient (Wildman–Crippen LogP) is 4.11. The zero-order valence-corrected chi connectivity index (χ0v) is 14.1. The van der Waals surface area contributed by atoms with Gasteiger partial charge in [0.1, 0.15) is 11.5 Å². The molecule has 0 heterocycles. The van der Waals surface area contributed by atoms with Gasteiger partial charge < -0.3 is 15.2 Å². The van der Waals surface area contributed by atoms with E-state index in [-0.39, 0.29) is 6.04 Å². The van der Waals surface area contributed by atoms with Gasteiger partial charge in [-0.15, -0.1) is 0 Å². The third-order valence-electron chi connectivity index (χ3n) is 3.99. The molecule has 3 nitrogen and oxygen atoms in total. The Balaban J connectivity index is 2.88. The lowest BCUT2D eigenvalue weighted by atomic mass is 9.98. The van der Waals surface area contributed by atoms with Gasteiger partial charge in [-0.05, 0) is 48.9 Å².